The quantitative estimate of drug-likeness (QED) is 0.849. The summed E-state index contributed by atoms with van der Waals surface area (Å²) in [5.41, 5.74) is 8.34. The van der Waals surface area contributed by atoms with Crippen LogP contribution in [-0.4, -0.2) is 18.6 Å². The molecule has 0 aliphatic heterocycles. The minimum Gasteiger partial charge on any atom is -0.494 e. The number of aromatic nitrogens is 1. The molecule has 1 aromatic heterocycles. The maximum atomic E-state index is 5.88. The molecule has 0 radical (unpaired) electrons. The van der Waals surface area contributed by atoms with Crippen LogP contribution in [0.15, 0.2) is 24.4 Å². The second kappa shape index (κ2) is 4.91. The van der Waals surface area contributed by atoms with Crippen LogP contribution in [0.1, 0.15) is 13.3 Å². The Hall–Kier alpha value is -1.97. The highest BCUT2D eigenvalue weighted by Gasteiger charge is 2.06. The van der Waals surface area contributed by atoms with Crippen molar-refractivity contribution in [1.82, 2.24) is 4.98 Å². The number of fused-ring (bicyclic) bond motifs is 1. The molecular formula is C13H17N3O. The lowest BCUT2D eigenvalue weighted by Crippen LogP contribution is -1.99. The summed E-state index contributed by atoms with van der Waals surface area (Å²) in [6, 6.07) is 5.85. The number of hydrogen-bond acceptors (Lipinski definition) is 4. The molecule has 0 amide bonds. The van der Waals surface area contributed by atoms with Crippen LogP contribution in [0.2, 0.25) is 0 Å². The Bertz CT molecular complexity index is 525. The van der Waals surface area contributed by atoms with Crippen molar-refractivity contribution in [3.05, 3.63) is 24.4 Å². The van der Waals surface area contributed by atoms with E-state index < -0.39 is 0 Å². The maximum Gasteiger partial charge on any atom is 0.120 e. The Kier molecular flexibility index (Phi) is 3.32. The summed E-state index contributed by atoms with van der Waals surface area (Å²) in [7, 11) is 1.85. The van der Waals surface area contributed by atoms with Crippen molar-refractivity contribution in [1.29, 1.82) is 0 Å². The third kappa shape index (κ3) is 2.25. The van der Waals surface area contributed by atoms with Gasteiger partial charge in [-0.2, -0.15) is 0 Å². The fraction of sp³-hybridized carbons (Fsp3) is 0.308. The molecule has 3 N–H and O–H groups in total. The molecule has 0 aliphatic carbocycles. The van der Waals surface area contributed by atoms with Gasteiger partial charge in [0.2, 0.25) is 0 Å². The van der Waals surface area contributed by atoms with Gasteiger partial charge in [-0.15, -0.1) is 0 Å². The van der Waals surface area contributed by atoms with E-state index in [9.17, 15) is 0 Å². The van der Waals surface area contributed by atoms with E-state index in [1.807, 2.05) is 25.2 Å². The molecule has 0 fully saturated rings. The molecule has 0 saturated heterocycles. The Labute approximate surface area is 101 Å². The lowest BCUT2D eigenvalue weighted by atomic mass is 10.1. The van der Waals surface area contributed by atoms with Crippen LogP contribution in [0, 0.1) is 0 Å². The molecule has 0 atom stereocenters. The molecule has 0 bridgehead atoms. The average Bonchev–Trinajstić information content (AvgIpc) is 2.36. The molecule has 90 valence electrons. The molecule has 17 heavy (non-hydrogen) atoms. The van der Waals surface area contributed by atoms with Gasteiger partial charge in [-0.3, -0.25) is 4.98 Å². The zero-order chi connectivity index (χ0) is 12.3. The largest absolute Gasteiger partial charge is 0.494 e. The second-order valence-corrected chi connectivity index (χ2v) is 3.87. The van der Waals surface area contributed by atoms with Crippen molar-refractivity contribution in [2.24, 2.45) is 0 Å². The summed E-state index contributed by atoms with van der Waals surface area (Å²) in [4.78, 5) is 4.29. The third-order valence-corrected chi connectivity index (χ3v) is 2.59. The number of pyridine rings is 1. The van der Waals surface area contributed by atoms with Gasteiger partial charge in [0.15, 0.2) is 0 Å². The van der Waals surface area contributed by atoms with Crippen molar-refractivity contribution >= 4 is 22.3 Å². The van der Waals surface area contributed by atoms with E-state index in [-0.39, 0.29) is 0 Å². The molecule has 4 nitrogen and oxygen atoms in total. The maximum absolute atomic E-state index is 5.88. The molecular weight excluding hydrogens is 214 g/mol. The number of anilines is 2. The van der Waals surface area contributed by atoms with Gasteiger partial charge in [0.25, 0.3) is 0 Å². The molecule has 4 heteroatoms. The van der Waals surface area contributed by atoms with E-state index >= 15 is 0 Å². The molecule has 1 heterocycles. The first-order chi connectivity index (χ1) is 8.26. The Morgan fingerprint density at radius 2 is 2.24 bits per heavy atom. The van der Waals surface area contributed by atoms with Crippen LogP contribution >= 0.6 is 0 Å². The first kappa shape index (κ1) is 11.5. The van der Waals surface area contributed by atoms with Gasteiger partial charge in [-0.25, -0.2) is 0 Å². The summed E-state index contributed by atoms with van der Waals surface area (Å²) in [5.74, 6) is 0.850. The molecule has 0 saturated carbocycles. The number of nitrogen functional groups attached to an aromatic ring is 1. The Morgan fingerprint density at radius 3 is 2.94 bits per heavy atom. The van der Waals surface area contributed by atoms with Crippen molar-refractivity contribution in [3.8, 4) is 5.75 Å². The van der Waals surface area contributed by atoms with Crippen LogP contribution in [0.25, 0.3) is 10.9 Å². The standard InChI is InChI=1S/C13H17N3O/c1-3-6-17-9-4-5-12-10(7-9)13(15-2)11(14)8-16-12/h4-5,7-8H,3,6,14H2,1-2H3,(H,15,16). The van der Waals surface area contributed by atoms with Crippen molar-refractivity contribution in [2.45, 2.75) is 13.3 Å². The minimum atomic E-state index is 0.646. The molecule has 1 aromatic carbocycles. The van der Waals surface area contributed by atoms with Gasteiger partial charge in [-0.05, 0) is 24.6 Å². The van der Waals surface area contributed by atoms with Crippen molar-refractivity contribution < 1.29 is 4.74 Å². The average molecular weight is 231 g/mol. The predicted molar refractivity (Wildman–Crippen MR) is 71.5 cm³/mol. The lowest BCUT2D eigenvalue weighted by molar-refractivity contribution is 0.318. The Balaban J connectivity index is 2.50. The lowest BCUT2D eigenvalue weighted by Gasteiger charge is -2.10. The zero-order valence-corrected chi connectivity index (χ0v) is 10.2. The number of nitrogens with one attached hydrogen (secondary N) is 1. The van der Waals surface area contributed by atoms with Gasteiger partial charge in [0.05, 0.1) is 29.7 Å². The van der Waals surface area contributed by atoms with E-state index in [0.29, 0.717) is 5.69 Å². The van der Waals surface area contributed by atoms with E-state index in [0.717, 1.165) is 35.4 Å². The van der Waals surface area contributed by atoms with Crippen molar-refractivity contribution in [3.63, 3.8) is 0 Å². The number of nitrogens with zero attached hydrogens (tertiary/aromatic N) is 1. The normalized spacial score (nSPS) is 10.5. The van der Waals surface area contributed by atoms with Crippen LogP contribution in [-0.2, 0) is 0 Å². The van der Waals surface area contributed by atoms with E-state index in [1.54, 1.807) is 6.20 Å². The number of hydrogen-bond donors (Lipinski definition) is 2. The summed E-state index contributed by atoms with van der Waals surface area (Å²) in [6.45, 7) is 2.80. The number of benzene rings is 1. The van der Waals surface area contributed by atoms with Crippen LogP contribution in [0.5, 0.6) is 5.75 Å². The molecule has 2 aromatic rings. The summed E-state index contributed by atoms with van der Waals surface area (Å²) in [5, 5.41) is 4.09. The van der Waals surface area contributed by atoms with Crippen LogP contribution in [0.3, 0.4) is 0 Å². The third-order valence-electron chi connectivity index (χ3n) is 2.59. The van der Waals surface area contributed by atoms with Gasteiger partial charge in [0.1, 0.15) is 5.75 Å². The monoisotopic (exact) mass is 231 g/mol. The SMILES string of the molecule is CCCOc1ccc2ncc(N)c(NC)c2c1. The summed E-state index contributed by atoms with van der Waals surface area (Å²) >= 11 is 0. The molecule has 0 unspecified atom stereocenters. The van der Waals surface area contributed by atoms with Crippen LogP contribution in [0.4, 0.5) is 11.4 Å². The second-order valence-electron chi connectivity index (χ2n) is 3.87. The van der Waals surface area contributed by atoms with Gasteiger partial charge < -0.3 is 15.8 Å². The van der Waals surface area contributed by atoms with E-state index in [4.69, 9.17) is 10.5 Å². The highest BCUT2D eigenvalue weighted by Crippen LogP contribution is 2.30. The minimum absolute atomic E-state index is 0.646. The highest BCUT2D eigenvalue weighted by molar-refractivity contribution is 5.97. The number of ether oxygens (including phenoxy) is 1. The number of rotatable bonds is 4. The first-order valence-electron chi connectivity index (χ1n) is 5.75. The fourth-order valence-electron chi connectivity index (χ4n) is 1.78. The molecule has 0 spiro atoms. The van der Waals surface area contributed by atoms with Crippen molar-refractivity contribution in [2.75, 3.05) is 24.7 Å². The fourth-order valence-corrected chi connectivity index (χ4v) is 1.78. The Morgan fingerprint density at radius 1 is 1.41 bits per heavy atom. The molecule has 2 rings (SSSR count). The van der Waals surface area contributed by atoms with Gasteiger partial charge in [0, 0.05) is 12.4 Å². The van der Waals surface area contributed by atoms with E-state index in [2.05, 4.69) is 17.2 Å². The smallest absolute Gasteiger partial charge is 0.120 e. The van der Waals surface area contributed by atoms with Crippen LogP contribution < -0.4 is 15.8 Å². The topological polar surface area (TPSA) is 60.2 Å². The van der Waals surface area contributed by atoms with E-state index in [1.165, 1.54) is 0 Å². The highest BCUT2D eigenvalue weighted by atomic mass is 16.5. The molecule has 0 aliphatic rings. The number of nitrogens with two attached hydrogens (primary N) is 1. The predicted octanol–water partition coefficient (Wildman–Crippen LogP) is 2.65. The summed E-state index contributed by atoms with van der Waals surface area (Å²) < 4.78 is 5.61. The summed E-state index contributed by atoms with van der Waals surface area (Å²) in [6.07, 6.45) is 2.66. The first-order valence-corrected chi connectivity index (χ1v) is 5.75. The van der Waals surface area contributed by atoms with Gasteiger partial charge in [-0.1, -0.05) is 6.92 Å². The zero-order valence-electron chi connectivity index (χ0n) is 10.2. The van der Waals surface area contributed by atoms with Gasteiger partial charge >= 0.3 is 0 Å².